The zero-order chi connectivity index (χ0) is 28.3. The minimum absolute atomic E-state index is 0.00667. The Morgan fingerprint density at radius 2 is 1.65 bits per heavy atom. The summed E-state index contributed by atoms with van der Waals surface area (Å²) in [6.45, 7) is 8.38. The van der Waals surface area contributed by atoms with Gasteiger partial charge in [0.25, 0.3) is 5.91 Å². The first kappa shape index (κ1) is 28.8. The van der Waals surface area contributed by atoms with Crippen molar-refractivity contribution in [2.45, 2.75) is 83.5 Å². The van der Waals surface area contributed by atoms with E-state index in [0.717, 1.165) is 28.9 Å². The highest BCUT2D eigenvalue weighted by Gasteiger charge is 2.44. The molecule has 1 spiro atoms. The van der Waals surface area contributed by atoms with Gasteiger partial charge >= 0.3 is 0 Å². The second kappa shape index (κ2) is 12.5. The number of hydrogen-bond donors (Lipinski definition) is 1. The summed E-state index contributed by atoms with van der Waals surface area (Å²) in [5.41, 5.74) is 2.82. The van der Waals surface area contributed by atoms with Crippen LogP contribution in [0.3, 0.4) is 0 Å². The Kier molecular flexibility index (Phi) is 8.98. The minimum atomic E-state index is -0.163. The Morgan fingerprint density at radius 1 is 0.975 bits per heavy atom. The van der Waals surface area contributed by atoms with Crippen molar-refractivity contribution in [1.29, 1.82) is 0 Å². The summed E-state index contributed by atoms with van der Waals surface area (Å²) in [7, 11) is 4.41. The van der Waals surface area contributed by atoms with Gasteiger partial charge in [0.05, 0.1) is 43.3 Å². The molecule has 0 aliphatic carbocycles. The van der Waals surface area contributed by atoms with Crippen molar-refractivity contribution in [1.82, 2.24) is 10.2 Å². The Morgan fingerprint density at radius 3 is 2.25 bits per heavy atom. The van der Waals surface area contributed by atoms with Crippen molar-refractivity contribution in [2.24, 2.45) is 0 Å². The average molecular weight is 551 g/mol. The lowest BCUT2D eigenvalue weighted by Crippen LogP contribution is -2.72. The molecule has 3 aliphatic rings. The molecule has 2 amide bonds. The monoisotopic (exact) mass is 550 g/mol. The number of hydrogen-bond acceptors (Lipinski definition) is 5. The van der Waals surface area contributed by atoms with Crippen LogP contribution in [-0.4, -0.2) is 80.3 Å². The van der Waals surface area contributed by atoms with Gasteiger partial charge in [0.2, 0.25) is 12.2 Å². The lowest BCUT2D eigenvalue weighted by atomic mass is 9.92. The first-order valence-electron chi connectivity index (χ1n) is 15.4. The minimum Gasteiger partial charge on any atom is -0.459 e. The number of carbonyl (C=O) groups is 2. The Hall–Kier alpha value is -2.68. The quantitative estimate of drug-likeness (QED) is 0.535. The highest BCUT2D eigenvalue weighted by atomic mass is 16.3. The summed E-state index contributed by atoms with van der Waals surface area (Å²) in [5.74, 6) is 0.467. The predicted octanol–water partition coefficient (Wildman–Crippen LogP) is 5.16. The second-order valence-corrected chi connectivity index (χ2v) is 12.5. The molecule has 0 radical (unpaired) electrons. The van der Waals surface area contributed by atoms with Gasteiger partial charge in [-0.25, -0.2) is 4.90 Å². The number of fused-ring (bicyclic) bond motifs is 1. The number of quaternary nitrogens is 1. The molecule has 1 aromatic heterocycles. The maximum atomic E-state index is 13.6. The molecule has 2 unspecified atom stereocenters. The molecule has 8 nitrogen and oxygen atoms in total. The molecule has 0 saturated carbocycles. The second-order valence-electron chi connectivity index (χ2n) is 12.5. The SMILES string of the molecule is CC(=O)N1c2ccc(C3CNC(N(C)C)[N+]4(CCCCCCCCCC4)C3)cc2N(C(=O)c2ccco2)C[C@@H]1C. The van der Waals surface area contributed by atoms with Crippen LogP contribution in [0.1, 0.15) is 87.3 Å². The molecule has 5 rings (SSSR count). The molecular formula is C32H48N5O3+. The predicted molar refractivity (Wildman–Crippen MR) is 159 cm³/mol. The summed E-state index contributed by atoms with van der Waals surface area (Å²) in [6.07, 6.45) is 12.4. The van der Waals surface area contributed by atoms with Crippen molar-refractivity contribution in [3.8, 4) is 0 Å². The number of benzene rings is 1. The normalized spacial score (nSPS) is 25.9. The van der Waals surface area contributed by atoms with Crippen molar-refractivity contribution in [2.75, 3.05) is 56.6 Å². The summed E-state index contributed by atoms with van der Waals surface area (Å²) >= 11 is 0. The van der Waals surface area contributed by atoms with Gasteiger partial charge in [0, 0.05) is 25.9 Å². The fraction of sp³-hybridized carbons (Fsp3) is 0.625. The third-order valence-corrected chi connectivity index (χ3v) is 9.32. The molecule has 8 heteroatoms. The maximum absolute atomic E-state index is 13.6. The van der Waals surface area contributed by atoms with Gasteiger partial charge in [-0.05, 0) is 76.5 Å². The lowest BCUT2D eigenvalue weighted by Gasteiger charge is -2.52. The molecule has 4 heterocycles. The van der Waals surface area contributed by atoms with Crippen molar-refractivity contribution >= 4 is 23.2 Å². The van der Waals surface area contributed by atoms with Crippen molar-refractivity contribution < 1.29 is 18.5 Å². The van der Waals surface area contributed by atoms with Gasteiger partial charge < -0.3 is 14.2 Å². The van der Waals surface area contributed by atoms with Gasteiger partial charge in [-0.15, -0.1) is 0 Å². The number of furan rings is 1. The average Bonchev–Trinajstić information content (AvgIpc) is 3.46. The van der Waals surface area contributed by atoms with Gasteiger partial charge in [-0.2, -0.15) is 0 Å². The van der Waals surface area contributed by atoms with Gasteiger partial charge in [0.15, 0.2) is 5.76 Å². The molecule has 1 aromatic carbocycles. The number of nitrogens with one attached hydrogen (secondary N) is 1. The zero-order valence-electron chi connectivity index (χ0n) is 24.9. The zero-order valence-corrected chi connectivity index (χ0v) is 24.9. The molecular weight excluding hydrogens is 502 g/mol. The topological polar surface area (TPSA) is 69.0 Å². The molecule has 0 bridgehead atoms. The molecule has 3 aliphatic heterocycles. The smallest absolute Gasteiger partial charge is 0.294 e. The Labute approximate surface area is 239 Å². The van der Waals surface area contributed by atoms with E-state index < -0.39 is 0 Å². The fourth-order valence-corrected chi connectivity index (χ4v) is 7.49. The molecule has 3 atom stereocenters. The Balaban J connectivity index is 1.49. The van der Waals surface area contributed by atoms with E-state index in [9.17, 15) is 9.59 Å². The van der Waals surface area contributed by atoms with Crippen LogP contribution in [0, 0.1) is 0 Å². The van der Waals surface area contributed by atoms with Gasteiger partial charge in [-0.1, -0.05) is 31.7 Å². The molecule has 2 aromatic rings. The van der Waals surface area contributed by atoms with Crippen LogP contribution in [-0.2, 0) is 4.79 Å². The third kappa shape index (κ3) is 5.85. The summed E-state index contributed by atoms with van der Waals surface area (Å²) in [4.78, 5) is 32.3. The molecule has 218 valence electrons. The van der Waals surface area contributed by atoms with E-state index in [1.807, 2.05) is 11.8 Å². The van der Waals surface area contributed by atoms with E-state index in [1.54, 1.807) is 24.0 Å². The molecule has 1 N–H and O–H groups in total. The number of nitrogens with zero attached hydrogens (tertiary/aromatic N) is 4. The summed E-state index contributed by atoms with van der Waals surface area (Å²) in [6, 6.07) is 9.74. The van der Waals surface area contributed by atoms with E-state index in [4.69, 9.17) is 4.42 Å². The van der Waals surface area contributed by atoms with Crippen LogP contribution >= 0.6 is 0 Å². The number of anilines is 2. The third-order valence-electron chi connectivity index (χ3n) is 9.32. The lowest BCUT2D eigenvalue weighted by molar-refractivity contribution is -0.970. The molecule has 2 fully saturated rings. The fourth-order valence-electron chi connectivity index (χ4n) is 7.49. The van der Waals surface area contributed by atoms with E-state index in [2.05, 4.69) is 42.5 Å². The molecule has 40 heavy (non-hydrogen) atoms. The van der Waals surface area contributed by atoms with Crippen LogP contribution in [0.2, 0.25) is 0 Å². The number of carbonyl (C=O) groups excluding carboxylic acids is 2. The first-order chi connectivity index (χ1) is 19.3. The van der Waals surface area contributed by atoms with Crippen LogP contribution in [0.4, 0.5) is 11.4 Å². The Bertz CT molecular complexity index is 1150. The highest BCUT2D eigenvalue weighted by Crippen LogP contribution is 2.40. The number of rotatable bonds is 3. The van der Waals surface area contributed by atoms with E-state index in [0.29, 0.717) is 24.5 Å². The highest BCUT2D eigenvalue weighted by molar-refractivity contribution is 6.09. The number of amides is 2. The van der Waals surface area contributed by atoms with Crippen LogP contribution in [0.15, 0.2) is 41.0 Å². The van der Waals surface area contributed by atoms with Gasteiger partial charge in [0.1, 0.15) is 0 Å². The standard InChI is InChI=1S/C32H48N5O3/c1-24-22-35(31(39)30-14-13-19-40-30)29-20-26(15-16-28(29)36(24)25(2)38)27-21-33-32(34(3)4)37(23-27)17-11-9-7-5-6-8-10-12-18-37/h13-16,19-20,24,27,32-33H,5-12,17-18,21-23H2,1-4H3/q+1/t24-,27?,32?/m0/s1. The van der Waals surface area contributed by atoms with Gasteiger partial charge in [-0.3, -0.25) is 19.4 Å². The van der Waals surface area contributed by atoms with Crippen LogP contribution in [0.25, 0.3) is 0 Å². The van der Waals surface area contributed by atoms with Crippen LogP contribution in [0.5, 0.6) is 0 Å². The first-order valence-corrected chi connectivity index (χ1v) is 15.4. The van der Waals surface area contributed by atoms with Crippen molar-refractivity contribution in [3.05, 3.63) is 47.9 Å². The van der Waals surface area contributed by atoms with E-state index in [1.165, 1.54) is 76.3 Å². The summed E-state index contributed by atoms with van der Waals surface area (Å²) < 4.78 is 6.56. The van der Waals surface area contributed by atoms with E-state index in [-0.39, 0.29) is 17.9 Å². The maximum Gasteiger partial charge on any atom is 0.294 e. The van der Waals surface area contributed by atoms with Crippen molar-refractivity contribution in [3.63, 3.8) is 0 Å². The van der Waals surface area contributed by atoms with Crippen LogP contribution < -0.4 is 15.1 Å². The summed E-state index contributed by atoms with van der Waals surface area (Å²) in [5, 5.41) is 3.94. The largest absolute Gasteiger partial charge is 0.459 e. The van der Waals surface area contributed by atoms with E-state index >= 15 is 0 Å². The molecule has 2 saturated heterocycles.